The van der Waals surface area contributed by atoms with E-state index in [-0.39, 0.29) is 17.4 Å². The number of carbonyl (C=O) groups excluding carboxylic acids is 1. The maximum absolute atomic E-state index is 12.7. The Balaban J connectivity index is 1.53. The van der Waals surface area contributed by atoms with Gasteiger partial charge in [-0.1, -0.05) is 19.4 Å². The number of hydrogen-bond donors (Lipinski definition) is 1. The average molecular weight is 459 g/mol. The fourth-order valence-electron chi connectivity index (χ4n) is 9.44. The Morgan fingerprint density at radius 3 is 2.15 bits per heavy atom. The topological polar surface area (TPSA) is 43.8 Å². The van der Waals surface area contributed by atoms with Crippen LogP contribution in [0.2, 0.25) is 0 Å². The highest BCUT2D eigenvalue weighted by atomic mass is 16.3. The molecule has 1 N–H and O–H groups in total. The van der Waals surface area contributed by atoms with E-state index in [4.69, 9.17) is 0 Å². The molecule has 4 aliphatic rings. The SMILES string of the molecule is CC(C)=CC(=O)N(C)C1CCC2(C)C(CCC3C2CCC2(C)C3CCC2C(C)N(C)C)C1O. The van der Waals surface area contributed by atoms with Gasteiger partial charge in [-0.3, -0.25) is 4.79 Å². The summed E-state index contributed by atoms with van der Waals surface area (Å²) in [4.78, 5) is 17.0. The number of fused-ring (bicyclic) bond motifs is 5. The summed E-state index contributed by atoms with van der Waals surface area (Å²) in [6.45, 7) is 11.5. The molecule has 4 saturated carbocycles. The van der Waals surface area contributed by atoms with Gasteiger partial charge in [0.05, 0.1) is 12.1 Å². The molecule has 33 heavy (non-hydrogen) atoms. The van der Waals surface area contributed by atoms with Gasteiger partial charge < -0.3 is 14.9 Å². The van der Waals surface area contributed by atoms with Crippen LogP contribution in [0.3, 0.4) is 0 Å². The van der Waals surface area contributed by atoms with Crippen LogP contribution < -0.4 is 0 Å². The van der Waals surface area contributed by atoms with Gasteiger partial charge in [-0.25, -0.2) is 0 Å². The van der Waals surface area contributed by atoms with E-state index in [0.29, 0.717) is 17.4 Å². The molecule has 4 rings (SSSR count). The molecule has 10 atom stereocenters. The number of amides is 1. The number of likely N-dealkylation sites (N-methyl/N-ethyl adjacent to an activating group) is 1. The van der Waals surface area contributed by atoms with Crippen molar-refractivity contribution in [3.05, 3.63) is 11.6 Å². The Hall–Kier alpha value is -0.870. The zero-order valence-corrected chi connectivity index (χ0v) is 22.6. The van der Waals surface area contributed by atoms with E-state index >= 15 is 0 Å². The lowest BCUT2D eigenvalue weighted by Crippen LogP contribution is -2.61. The quantitative estimate of drug-likeness (QED) is 0.577. The minimum atomic E-state index is -0.400. The van der Waals surface area contributed by atoms with Gasteiger partial charge in [-0.15, -0.1) is 0 Å². The standard InChI is InChI=1S/C29H50N2O2/c1-18(2)17-26(32)31(8)25-14-16-29(5)23-13-15-28(4)21(19(3)30(6)7)11-12-22(28)20(23)9-10-24(29)27(25)33/h17,19-25,27,33H,9-16H2,1-8H3. The third-order valence-electron chi connectivity index (χ3n) is 11.5. The molecule has 0 aliphatic heterocycles. The zero-order chi connectivity index (χ0) is 24.3. The highest BCUT2D eigenvalue weighted by molar-refractivity contribution is 5.88. The molecule has 4 heteroatoms. The van der Waals surface area contributed by atoms with Crippen LogP contribution in [0.1, 0.15) is 86.0 Å². The highest BCUT2D eigenvalue weighted by Gasteiger charge is 2.62. The zero-order valence-electron chi connectivity index (χ0n) is 22.6. The second-order valence-corrected chi connectivity index (χ2v) is 13.3. The number of aliphatic hydroxyl groups excluding tert-OH is 1. The lowest BCUT2D eigenvalue weighted by molar-refractivity contribution is -0.167. The van der Waals surface area contributed by atoms with Crippen LogP contribution in [-0.4, -0.2) is 60.1 Å². The molecule has 0 heterocycles. The molecule has 188 valence electrons. The summed E-state index contributed by atoms with van der Waals surface area (Å²) in [5.41, 5.74) is 1.71. The van der Waals surface area contributed by atoms with Crippen LogP contribution in [0.4, 0.5) is 0 Å². The van der Waals surface area contributed by atoms with Gasteiger partial charge in [0.25, 0.3) is 0 Å². The van der Waals surface area contributed by atoms with Gasteiger partial charge in [0.15, 0.2) is 0 Å². The Kier molecular flexibility index (Phi) is 6.86. The Morgan fingerprint density at radius 2 is 1.52 bits per heavy atom. The first-order valence-corrected chi connectivity index (χ1v) is 13.7. The first kappa shape index (κ1) is 25.2. The molecule has 4 aliphatic carbocycles. The fourth-order valence-corrected chi connectivity index (χ4v) is 9.44. The Bertz CT molecular complexity index is 774. The summed E-state index contributed by atoms with van der Waals surface area (Å²) in [6.07, 6.45) is 11.2. The van der Waals surface area contributed by atoms with E-state index in [0.717, 1.165) is 48.5 Å². The van der Waals surface area contributed by atoms with Crippen molar-refractivity contribution in [2.24, 2.45) is 40.4 Å². The molecular weight excluding hydrogens is 408 g/mol. The van der Waals surface area contributed by atoms with E-state index in [1.165, 1.54) is 32.1 Å². The second kappa shape index (κ2) is 8.97. The number of aliphatic hydroxyl groups is 1. The monoisotopic (exact) mass is 458 g/mol. The van der Waals surface area contributed by atoms with E-state index < -0.39 is 6.10 Å². The predicted molar refractivity (Wildman–Crippen MR) is 136 cm³/mol. The van der Waals surface area contributed by atoms with Crippen molar-refractivity contribution >= 4 is 5.91 Å². The van der Waals surface area contributed by atoms with Crippen molar-refractivity contribution in [1.82, 2.24) is 9.80 Å². The molecular formula is C29H50N2O2. The minimum Gasteiger partial charge on any atom is -0.391 e. The number of allylic oxidation sites excluding steroid dienone is 1. The molecule has 0 aromatic heterocycles. The lowest BCUT2D eigenvalue weighted by atomic mass is 9.44. The van der Waals surface area contributed by atoms with Crippen molar-refractivity contribution < 1.29 is 9.90 Å². The predicted octanol–water partition coefficient (Wildman–Crippen LogP) is 5.36. The fraction of sp³-hybridized carbons (Fsp3) is 0.897. The van der Waals surface area contributed by atoms with Crippen LogP contribution in [-0.2, 0) is 4.79 Å². The molecule has 4 nitrogen and oxygen atoms in total. The highest BCUT2D eigenvalue weighted by Crippen LogP contribution is 2.68. The summed E-state index contributed by atoms with van der Waals surface area (Å²) >= 11 is 0. The Labute approximate surface area is 203 Å². The summed E-state index contributed by atoms with van der Waals surface area (Å²) in [5.74, 6) is 3.56. The van der Waals surface area contributed by atoms with Crippen molar-refractivity contribution in [1.29, 1.82) is 0 Å². The van der Waals surface area contributed by atoms with Crippen molar-refractivity contribution in [3.63, 3.8) is 0 Å². The molecule has 0 aromatic rings. The number of carbonyl (C=O) groups is 1. The van der Waals surface area contributed by atoms with Crippen molar-refractivity contribution in [2.75, 3.05) is 21.1 Å². The van der Waals surface area contributed by atoms with Gasteiger partial charge in [-0.2, -0.15) is 0 Å². The van der Waals surface area contributed by atoms with Gasteiger partial charge in [0.2, 0.25) is 5.91 Å². The van der Waals surface area contributed by atoms with E-state index in [1.54, 1.807) is 6.08 Å². The normalized spacial score (nSPS) is 45.6. The first-order chi connectivity index (χ1) is 15.4. The number of rotatable bonds is 4. The smallest absolute Gasteiger partial charge is 0.246 e. The molecule has 1 amide bonds. The molecule has 0 spiro atoms. The number of hydrogen-bond acceptors (Lipinski definition) is 3. The van der Waals surface area contributed by atoms with Gasteiger partial charge >= 0.3 is 0 Å². The van der Waals surface area contributed by atoms with Crippen LogP contribution in [0.15, 0.2) is 11.6 Å². The second-order valence-electron chi connectivity index (χ2n) is 13.3. The van der Waals surface area contributed by atoms with Crippen molar-refractivity contribution in [2.45, 2.75) is 104 Å². The van der Waals surface area contributed by atoms with Crippen LogP contribution in [0.25, 0.3) is 0 Å². The van der Waals surface area contributed by atoms with Crippen molar-refractivity contribution in [3.8, 4) is 0 Å². The number of nitrogens with zero attached hydrogens (tertiary/aromatic N) is 2. The van der Waals surface area contributed by atoms with Crippen LogP contribution in [0, 0.1) is 40.4 Å². The lowest BCUT2D eigenvalue weighted by Gasteiger charge is -2.62. The van der Waals surface area contributed by atoms with Gasteiger partial charge in [0.1, 0.15) is 0 Å². The van der Waals surface area contributed by atoms with E-state index in [1.807, 2.05) is 25.8 Å². The van der Waals surface area contributed by atoms with Crippen LogP contribution in [0.5, 0.6) is 0 Å². The van der Waals surface area contributed by atoms with Crippen LogP contribution >= 0.6 is 0 Å². The molecule has 4 fully saturated rings. The molecule has 0 aromatic carbocycles. The molecule has 0 radical (unpaired) electrons. The summed E-state index contributed by atoms with van der Waals surface area (Å²) in [5, 5.41) is 11.6. The average Bonchev–Trinajstić information content (AvgIpc) is 3.09. The summed E-state index contributed by atoms with van der Waals surface area (Å²) < 4.78 is 0. The van der Waals surface area contributed by atoms with Gasteiger partial charge in [-0.05, 0) is 127 Å². The summed E-state index contributed by atoms with van der Waals surface area (Å²) in [6, 6.07) is 0.600. The molecule has 10 unspecified atom stereocenters. The third kappa shape index (κ3) is 4.01. The maximum atomic E-state index is 12.7. The van der Waals surface area contributed by atoms with E-state index in [9.17, 15) is 9.90 Å². The van der Waals surface area contributed by atoms with E-state index in [2.05, 4.69) is 39.8 Å². The maximum Gasteiger partial charge on any atom is 0.246 e. The molecule has 0 saturated heterocycles. The Morgan fingerprint density at radius 1 is 0.909 bits per heavy atom. The minimum absolute atomic E-state index is 0.0387. The van der Waals surface area contributed by atoms with Gasteiger partial charge in [0, 0.05) is 19.2 Å². The molecule has 0 bridgehead atoms. The first-order valence-electron chi connectivity index (χ1n) is 13.7. The third-order valence-corrected chi connectivity index (χ3v) is 11.5. The largest absolute Gasteiger partial charge is 0.391 e. The summed E-state index contributed by atoms with van der Waals surface area (Å²) in [7, 11) is 6.39.